The third kappa shape index (κ3) is 2.40. The van der Waals surface area contributed by atoms with E-state index in [2.05, 4.69) is 9.97 Å². The number of aromatic nitrogens is 2. The molecule has 0 saturated heterocycles. The van der Waals surface area contributed by atoms with E-state index in [0.29, 0.717) is 21.1 Å². The van der Waals surface area contributed by atoms with E-state index in [1.165, 1.54) is 12.1 Å². The van der Waals surface area contributed by atoms with E-state index in [4.69, 9.17) is 23.8 Å². The van der Waals surface area contributed by atoms with Crippen molar-refractivity contribution in [1.82, 2.24) is 9.97 Å². The van der Waals surface area contributed by atoms with E-state index in [0.717, 1.165) is 0 Å². The van der Waals surface area contributed by atoms with Gasteiger partial charge in [-0.05, 0) is 24.3 Å². The summed E-state index contributed by atoms with van der Waals surface area (Å²) in [7, 11) is 0. The monoisotopic (exact) mass is 240 g/mol. The van der Waals surface area contributed by atoms with E-state index in [9.17, 15) is 4.39 Å². The molecule has 0 aliphatic carbocycles. The lowest BCUT2D eigenvalue weighted by Gasteiger charge is -2.01. The van der Waals surface area contributed by atoms with Gasteiger partial charge in [-0.15, -0.1) is 0 Å². The van der Waals surface area contributed by atoms with Gasteiger partial charge in [0.1, 0.15) is 16.3 Å². The maximum Gasteiger partial charge on any atom is 0.138 e. The molecule has 2 aromatic rings. The summed E-state index contributed by atoms with van der Waals surface area (Å²) in [6, 6.07) is 5.86. The molecule has 15 heavy (non-hydrogen) atoms. The highest BCUT2D eigenvalue weighted by atomic mass is 35.5. The van der Waals surface area contributed by atoms with E-state index >= 15 is 0 Å². The Bertz CT molecular complexity index is 533. The molecule has 0 bridgehead atoms. The fourth-order valence-corrected chi connectivity index (χ4v) is 1.59. The quantitative estimate of drug-likeness (QED) is 0.772. The first kappa shape index (κ1) is 10.3. The third-order valence-electron chi connectivity index (χ3n) is 1.81. The van der Waals surface area contributed by atoms with Crippen LogP contribution in [-0.2, 0) is 0 Å². The number of aromatic amines is 1. The van der Waals surface area contributed by atoms with Crippen molar-refractivity contribution in [2.24, 2.45) is 0 Å². The van der Waals surface area contributed by atoms with Crippen molar-refractivity contribution in [3.05, 3.63) is 45.9 Å². The highest BCUT2D eigenvalue weighted by Gasteiger charge is 2.03. The molecule has 0 amide bonds. The van der Waals surface area contributed by atoms with Gasteiger partial charge in [-0.3, -0.25) is 0 Å². The van der Waals surface area contributed by atoms with Crippen LogP contribution in [0.2, 0.25) is 5.02 Å². The van der Waals surface area contributed by atoms with Crippen molar-refractivity contribution in [2.45, 2.75) is 0 Å². The minimum atomic E-state index is -0.400. The Morgan fingerprint density at radius 1 is 1.33 bits per heavy atom. The summed E-state index contributed by atoms with van der Waals surface area (Å²) in [5, 5.41) is 0.329. The second kappa shape index (κ2) is 4.08. The Hall–Kier alpha value is -1.26. The van der Waals surface area contributed by atoms with Gasteiger partial charge in [-0.1, -0.05) is 23.8 Å². The normalized spacial score (nSPS) is 10.3. The summed E-state index contributed by atoms with van der Waals surface area (Å²) in [4.78, 5) is 6.90. The number of benzene rings is 1. The molecular weight excluding hydrogens is 235 g/mol. The van der Waals surface area contributed by atoms with Crippen LogP contribution in [0.25, 0.3) is 11.4 Å². The predicted molar refractivity (Wildman–Crippen MR) is 59.8 cm³/mol. The zero-order chi connectivity index (χ0) is 10.8. The number of hydrogen-bond acceptors (Lipinski definition) is 2. The molecule has 0 aliphatic heterocycles. The Morgan fingerprint density at radius 2 is 2.13 bits per heavy atom. The van der Waals surface area contributed by atoms with Gasteiger partial charge >= 0.3 is 0 Å². The lowest BCUT2D eigenvalue weighted by Crippen LogP contribution is -1.89. The molecule has 2 rings (SSSR count). The van der Waals surface area contributed by atoms with Gasteiger partial charge in [-0.25, -0.2) is 9.37 Å². The van der Waals surface area contributed by atoms with E-state index < -0.39 is 5.82 Å². The molecule has 1 aromatic carbocycles. The van der Waals surface area contributed by atoms with Crippen molar-refractivity contribution in [1.29, 1.82) is 0 Å². The Balaban J connectivity index is 2.58. The molecule has 0 saturated carbocycles. The lowest BCUT2D eigenvalue weighted by atomic mass is 10.2. The van der Waals surface area contributed by atoms with Gasteiger partial charge in [0.05, 0.1) is 0 Å². The number of hydrogen-bond donors (Lipinski definition) is 1. The summed E-state index contributed by atoms with van der Waals surface area (Å²) < 4.78 is 13.6. The number of nitrogens with one attached hydrogen (secondary N) is 1. The largest absolute Gasteiger partial charge is 0.331 e. The van der Waals surface area contributed by atoms with Gasteiger partial charge in [0.15, 0.2) is 0 Å². The molecule has 0 fully saturated rings. The first-order chi connectivity index (χ1) is 7.15. The van der Waals surface area contributed by atoms with Crippen LogP contribution >= 0.6 is 23.8 Å². The predicted octanol–water partition coefficient (Wildman–Crippen LogP) is 3.60. The minimum Gasteiger partial charge on any atom is -0.331 e. The molecule has 0 spiro atoms. The maximum atomic E-state index is 13.1. The number of rotatable bonds is 1. The smallest absolute Gasteiger partial charge is 0.138 e. The molecule has 0 radical (unpaired) electrons. The molecule has 0 atom stereocenters. The standard InChI is InChI=1S/C10H6ClFN2S/c11-7-3-6(4-8(12)5-7)10-13-2-1-9(15)14-10/h1-5H,(H,13,14,15). The van der Waals surface area contributed by atoms with Gasteiger partial charge in [0.25, 0.3) is 0 Å². The molecule has 1 aromatic heterocycles. The van der Waals surface area contributed by atoms with Crippen molar-refractivity contribution in [3.63, 3.8) is 0 Å². The second-order valence-electron chi connectivity index (χ2n) is 2.94. The molecule has 5 heteroatoms. The molecule has 0 unspecified atom stereocenters. The second-order valence-corrected chi connectivity index (χ2v) is 3.82. The Morgan fingerprint density at radius 3 is 2.80 bits per heavy atom. The molecule has 2 nitrogen and oxygen atoms in total. The van der Waals surface area contributed by atoms with Crippen LogP contribution in [0.15, 0.2) is 30.5 Å². The Labute approximate surface area is 95.8 Å². The molecule has 1 N–H and O–H groups in total. The summed E-state index contributed by atoms with van der Waals surface area (Å²) in [6.07, 6.45) is 1.56. The highest BCUT2D eigenvalue weighted by Crippen LogP contribution is 2.20. The number of nitrogens with zero attached hydrogens (tertiary/aromatic N) is 1. The first-order valence-corrected chi connectivity index (χ1v) is 4.95. The van der Waals surface area contributed by atoms with E-state index in [-0.39, 0.29) is 0 Å². The van der Waals surface area contributed by atoms with Crippen molar-refractivity contribution in [2.75, 3.05) is 0 Å². The number of H-pyrrole nitrogens is 1. The summed E-state index contributed by atoms with van der Waals surface area (Å²) in [5.41, 5.74) is 0.576. The van der Waals surface area contributed by atoms with E-state index in [1.807, 2.05) is 0 Å². The van der Waals surface area contributed by atoms with Gasteiger partial charge in [0.2, 0.25) is 0 Å². The van der Waals surface area contributed by atoms with Crippen LogP contribution in [0.1, 0.15) is 0 Å². The van der Waals surface area contributed by atoms with E-state index in [1.54, 1.807) is 18.3 Å². The Kier molecular flexibility index (Phi) is 2.79. The fourth-order valence-electron chi connectivity index (χ4n) is 1.21. The van der Waals surface area contributed by atoms with Crippen molar-refractivity contribution >= 4 is 23.8 Å². The van der Waals surface area contributed by atoms with Crippen LogP contribution in [0, 0.1) is 10.5 Å². The average Bonchev–Trinajstić information content (AvgIpc) is 2.16. The van der Waals surface area contributed by atoms with Crippen LogP contribution in [0.3, 0.4) is 0 Å². The van der Waals surface area contributed by atoms with Crippen LogP contribution in [0.4, 0.5) is 4.39 Å². The van der Waals surface area contributed by atoms with Crippen molar-refractivity contribution in [3.8, 4) is 11.4 Å². The van der Waals surface area contributed by atoms with Crippen LogP contribution in [0.5, 0.6) is 0 Å². The third-order valence-corrected chi connectivity index (χ3v) is 2.26. The highest BCUT2D eigenvalue weighted by molar-refractivity contribution is 7.71. The number of halogens is 2. The topological polar surface area (TPSA) is 28.7 Å². The summed E-state index contributed by atoms with van der Waals surface area (Å²) >= 11 is 10.7. The maximum absolute atomic E-state index is 13.1. The zero-order valence-corrected chi connectivity index (χ0v) is 9.07. The van der Waals surface area contributed by atoms with Gasteiger partial charge < -0.3 is 4.98 Å². The summed E-state index contributed by atoms with van der Waals surface area (Å²) in [6.45, 7) is 0. The SMILES string of the molecule is Fc1cc(Cl)cc(-c2nccc(=S)[nH]2)c1. The zero-order valence-electron chi connectivity index (χ0n) is 7.50. The van der Waals surface area contributed by atoms with Gasteiger partial charge in [-0.2, -0.15) is 0 Å². The molecular formula is C10H6ClFN2S. The molecule has 1 heterocycles. The summed E-state index contributed by atoms with van der Waals surface area (Å²) in [5.74, 6) is 0.103. The van der Waals surface area contributed by atoms with Gasteiger partial charge in [0, 0.05) is 16.8 Å². The average molecular weight is 241 g/mol. The van der Waals surface area contributed by atoms with Crippen LogP contribution < -0.4 is 0 Å². The minimum absolute atomic E-state index is 0.329. The lowest BCUT2D eigenvalue weighted by molar-refractivity contribution is 0.628. The molecule has 0 aliphatic rings. The van der Waals surface area contributed by atoms with Crippen molar-refractivity contribution < 1.29 is 4.39 Å². The van der Waals surface area contributed by atoms with Crippen LogP contribution in [-0.4, -0.2) is 9.97 Å². The first-order valence-electron chi connectivity index (χ1n) is 4.17. The molecule has 76 valence electrons. The fraction of sp³-hybridized carbons (Fsp3) is 0.